The summed E-state index contributed by atoms with van der Waals surface area (Å²) in [6, 6.07) is 7.05. The van der Waals surface area contributed by atoms with E-state index in [1.807, 2.05) is 0 Å². The second kappa shape index (κ2) is 4.23. The number of para-hydroxylation sites is 1. The molecule has 2 heteroatoms. The van der Waals surface area contributed by atoms with Gasteiger partial charge in [0, 0.05) is 24.9 Å². The van der Waals surface area contributed by atoms with Crippen LogP contribution in [-0.4, -0.2) is 24.3 Å². The van der Waals surface area contributed by atoms with Crippen molar-refractivity contribution in [2.24, 2.45) is 0 Å². The molecule has 1 aliphatic heterocycles. The van der Waals surface area contributed by atoms with E-state index in [2.05, 4.69) is 36.9 Å². The molecule has 1 N–H and O–H groups in total. The predicted molar refractivity (Wildman–Crippen MR) is 63.4 cm³/mol. The number of hydrogen-bond donors (Lipinski definition) is 1. The molecule has 1 atom stereocenters. The molecular formula is C13H19NO. The maximum Gasteiger partial charge on any atom is 0.0472 e. The van der Waals surface area contributed by atoms with Gasteiger partial charge in [-0.05, 0) is 37.8 Å². The van der Waals surface area contributed by atoms with Crippen molar-refractivity contribution in [3.05, 3.63) is 29.3 Å². The first-order valence-electron chi connectivity index (χ1n) is 5.76. The average Bonchev–Trinajstić information content (AvgIpc) is 2.55. The van der Waals surface area contributed by atoms with E-state index in [1.165, 1.54) is 16.8 Å². The molecule has 1 heterocycles. The highest BCUT2D eigenvalue weighted by atomic mass is 16.2. The van der Waals surface area contributed by atoms with Crippen LogP contribution >= 0.6 is 0 Å². The van der Waals surface area contributed by atoms with Crippen LogP contribution < -0.4 is 4.90 Å². The minimum atomic E-state index is 0.238. The van der Waals surface area contributed by atoms with Crippen molar-refractivity contribution >= 4 is 5.69 Å². The molecule has 0 aromatic heterocycles. The van der Waals surface area contributed by atoms with E-state index in [-0.39, 0.29) is 6.61 Å². The number of aliphatic hydroxyl groups excluding tert-OH is 1. The van der Waals surface area contributed by atoms with Crippen LogP contribution in [0.3, 0.4) is 0 Å². The first kappa shape index (κ1) is 10.5. The summed E-state index contributed by atoms with van der Waals surface area (Å²) in [5.74, 6) is 0. The Balaban J connectivity index is 2.41. The van der Waals surface area contributed by atoms with Crippen LogP contribution in [0.2, 0.25) is 0 Å². The molecule has 0 bridgehead atoms. The fourth-order valence-electron chi connectivity index (χ4n) is 2.62. The van der Waals surface area contributed by atoms with Crippen LogP contribution in [0.4, 0.5) is 5.69 Å². The standard InChI is InChI=1S/C13H19NO/c1-3-14-10(2)9-12-6-4-5-11(7-8-15)13(12)14/h4-6,10,15H,3,7-9H2,1-2H3. The molecule has 1 aliphatic rings. The van der Waals surface area contributed by atoms with Gasteiger partial charge in [0.2, 0.25) is 0 Å². The lowest BCUT2D eigenvalue weighted by atomic mass is 10.0. The first-order chi connectivity index (χ1) is 7.27. The molecule has 2 rings (SSSR count). The third kappa shape index (κ3) is 1.74. The fraction of sp³-hybridized carbons (Fsp3) is 0.538. The number of benzene rings is 1. The lowest BCUT2D eigenvalue weighted by Gasteiger charge is -2.25. The normalized spacial score (nSPS) is 19.4. The molecule has 0 aliphatic carbocycles. The Morgan fingerprint density at radius 1 is 1.47 bits per heavy atom. The molecule has 0 radical (unpaired) electrons. The van der Waals surface area contributed by atoms with E-state index in [9.17, 15) is 0 Å². The Morgan fingerprint density at radius 2 is 2.27 bits per heavy atom. The molecule has 2 nitrogen and oxygen atoms in total. The summed E-state index contributed by atoms with van der Waals surface area (Å²) in [5.41, 5.74) is 4.11. The van der Waals surface area contributed by atoms with Gasteiger partial charge in [-0.25, -0.2) is 0 Å². The van der Waals surface area contributed by atoms with Crippen molar-refractivity contribution in [1.82, 2.24) is 0 Å². The molecule has 0 amide bonds. The minimum Gasteiger partial charge on any atom is -0.396 e. The van der Waals surface area contributed by atoms with Gasteiger partial charge in [-0.1, -0.05) is 18.2 Å². The Kier molecular flexibility index (Phi) is 2.96. The van der Waals surface area contributed by atoms with E-state index in [4.69, 9.17) is 5.11 Å². The monoisotopic (exact) mass is 205 g/mol. The van der Waals surface area contributed by atoms with Crippen LogP contribution in [0, 0.1) is 0 Å². The summed E-state index contributed by atoms with van der Waals surface area (Å²) in [4.78, 5) is 2.44. The summed E-state index contributed by atoms with van der Waals surface area (Å²) in [6.45, 7) is 5.76. The fourth-order valence-corrected chi connectivity index (χ4v) is 2.62. The molecule has 0 spiro atoms. The lowest BCUT2D eigenvalue weighted by Crippen LogP contribution is -2.29. The van der Waals surface area contributed by atoms with Gasteiger partial charge in [-0.3, -0.25) is 0 Å². The molecule has 1 aromatic carbocycles. The number of likely N-dealkylation sites (N-methyl/N-ethyl adjacent to an activating group) is 1. The number of anilines is 1. The third-order valence-corrected chi connectivity index (χ3v) is 3.26. The third-order valence-electron chi connectivity index (χ3n) is 3.26. The van der Waals surface area contributed by atoms with Crippen molar-refractivity contribution in [3.63, 3.8) is 0 Å². The minimum absolute atomic E-state index is 0.238. The maximum absolute atomic E-state index is 9.06. The van der Waals surface area contributed by atoms with Gasteiger partial charge in [-0.2, -0.15) is 0 Å². The molecular weight excluding hydrogens is 186 g/mol. The maximum atomic E-state index is 9.06. The lowest BCUT2D eigenvalue weighted by molar-refractivity contribution is 0.299. The smallest absolute Gasteiger partial charge is 0.0472 e. The molecule has 82 valence electrons. The summed E-state index contributed by atoms with van der Waals surface area (Å²) in [7, 11) is 0. The molecule has 0 saturated carbocycles. The number of aliphatic hydroxyl groups is 1. The van der Waals surface area contributed by atoms with Gasteiger partial charge in [-0.15, -0.1) is 0 Å². The van der Waals surface area contributed by atoms with Crippen molar-refractivity contribution in [2.75, 3.05) is 18.1 Å². The molecule has 0 fully saturated rings. The quantitative estimate of drug-likeness (QED) is 0.815. The highest BCUT2D eigenvalue weighted by Gasteiger charge is 2.26. The van der Waals surface area contributed by atoms with Crippen molar-refractivity contribution in [1.29, 1.82) is 0 Å². The largest absolute Gasteiger partial charge is 0.396 e. The van der Waals surface area contributed by atoms with Gasteiger partial charge < -0.3 is 10.0 Å². The van der Waals surface area contributed by atoms with Crippen molar-refractivity contribution in [3.8, 4) is 0 Å². The molecule has 0 saturated heterocycles. The zero-order valence-corrected chi connectivity index (χ0v) is 9.53. The Morgan fingerprint density at radius 3 is 2.93 bits per heavy atom. The number of rotatable bonds is 3. The van der Waals surface area contributed by atoms with Gasteiger partial charge in [0.05, 0.1) is 0 Å². The van der Waals surface area contributed by atoms with E-state index in [0.29, 0.717) is 6.04 Å². The van der Waals surface area contributed by atoms with E-state index in [1.54, 1.807) is 0 Å². The van der Waals surface area contributed by atoms with Gasteiger partial charge in [0.15, 0.2) is 0 Å². The Hall–Kier alpha value is -1.02. The second-order valence-corrected chi connectivity index (χ2v) is 4.24. The summed E-state index contributed by atoms with van der Waals surface area (Å²) < 4.78 is 0. The van der Waals surface area contributed by atoms with Gasteiger partial charge >= 0.3 is 0 Å². The predicted octanol–water partition coefficient (Wildman–Crippen LogP) is 1.99. The zero-order valence-electron chi connectivity index (χ0n) is 9.53. The van der Waals surface area contributed by atoms with Crippen LogP contribution in [0.5, 0.6) is 0 Å². The van der Waals surface area contributed by atoms with E-state index < -0.39 is 0 Å². The van der Waals surface area contributed by atoms with E-state index >= 15 is 0 Å². The SMILES string of the molecule is CCN1c2c(CCO)cccc2CC1C. The van der Waals surface area contributed by atoms with Gasteiger partial charge in [0.25, 0.3) is 0 Å². The number of hydrogen-bond acceptors (Lipinski definition) is 2. The van der Waals surface area contributed by atoms with Crippen LogP contribution in [0.15, 0.2) is 18.2 Å². The van der Waals surface area contributed by atoms with Crippen molar-refractivity contribution in [2.45, 2.75) is 32.7 Å². The number of nitrogens with zero attached hydrogens (tertiary/aromatic N) is 1. The highest BCUT2D eigenvalue weighted by molar-refractivity contribution is 5.64. The first-order valence-corrected chi connectivity index (χ1v) is 5.76. The van der Waals surface area contributed by atoms with Gasteiger partial charge in [0.1, 0.15) is 0 Å². The second-order valence-electron chi connectivity index (χ2n) is 4.24. The summed E-state index contributed by atoms with van der Waals surface area (Å²) in [5, 5.41) is 9.06. The van der Waals surface area contributed by atoms with Crippen LogP contribution in [0.25, 0.3) is 0 Å². The topological polar surface area (TPSA) is 23.5 Å². The van der Waals surface area contributed by atoms with Crippen molar-refractivity contribution < 1.29 is 5.11 Å². The van der Waals surface area contributed by atoms with Crippen LogP contribution in [-0.2, 0) is 12.8 Å². The summed E-state index contributed by atoms with van der Waals surface area (Å²) in [6.07, 6.45) is 1.91. The Labute approximate surface area is 91.5 Å². The number of fused-ring (bicyclic) bond motifs is 1. The average molecular weight is 205 g/mol. The molecule has 1 aromatic rings. The summed E-state index contributed by atoms with van der Waals surface area (Å²) >= 11 is 0. The van der Waals surface area contributed by atoms with Crippen LogP contribution in [0.1, 0.15) is 25.0 Å². The Bertz CT molecular complexity index is 348. The molecule has 1 unspecified atom stereocenters. The van der Waals surface area contributed by atoms with E-state index in [0.717, 1.165) is 19.4 Å². The molecule has 15 heavy (non-hydrogen) atoms. The highest BCUT2D eigenvalue weighted by Crippen LogP contribution is 2.35. The zero-order chi connectivity index (χ0) is 10.8.